The van der Waals surface area contributed by atoms with Crippen molar-refractivity contribution < 1.29 is 32.6 Å². The van der Waals surface area contributed by atoms with E-state index in [2.05, 4.69) is 10.0 Å². The fourth-order valence-corrected chi connectivity index (χ4v) is 3.56. The van der Waals surface area contributed by atoms with E-state index in [-0.39, 0.29) is 11.4 Å². The Balaban J connectivity index is 2.38. The second kappa shape index (κ2) is 7.68. The normalized spacial score (nSPS) is 11.0. The molecule has 0 aliphatic heterocycles. The highest BCUT2D eigenvalue weighted by Gasteiger charge is 2.23. The number of carboxylic acids is 1. The van der Waals surface area contributed by atoms with Gasteiger partial charge in [0, 0.05) is 5.69 Å². The van der Waals surface area contributed by atoms with Crippen molar-refractivity contribution in [2.45, 2.75) is 4.90 Å². The van der Waals surface area contributed by atoms with Crippen LogP contribution in [0.15, 0.2) is 41.3 Å². The molecule has 0 fully saturated rings. The van der Waals surface area contributed by atoms with Crippen LogP contribution < -0.4 is 10.0 Å². The lowest BCUT2D eigenvalue weighted by atomic mass is 10.2. The van der Waals surface area contributed by atoms with Crippen LogP contribution in [0, 0.1) is 5.82 Å². The molecule has 0 atom stereocenters. The highest BCUT2D eigenvalue weighted by atomic mass is 35.5. The first-order valence-electron chi connectivity index (χ1n) is 6.90. The van der Waals surface area contributed by atoms with Gasteiger partial charge in [0.1, 0.15) is 17.3 Å². The summed E-state index contributed by atoms with van der Waals surface area (Å²) in [6.07, 6.45) is 0. The third kappa shape index (κ3) is 4.48. The number of amides is 1. The number of hydrogen-bond donors (Lipinski definition) is 4. The minimum absolute atomic E-state index is 0.0259. The van der Waals surface area contributed by atoms with Crippen molar-refractivity contribution in [2.75, 3.05) is 16.6 Å². The molecule has 8 nitrogen and oxygen atoms in total. The summed E-state index contributed by atoms with van der Waals surface area (Å²) in [4.78, 5) is 21.5. The average molecular weight is 403 g/mol. The van der Waals surface area contributed by atoms with E-state index in [4.69, 9.17) is 21.8 Å². The van der Waals surface area contributed by atoms with Gasteiger partial charge in [-0.2, -0.15) is 0 Å². The molecule has 2 aromatic carbocycles. The second-order valence-electron chi connectivity index (χ2n) is 4.96. The molecule has 0 unspecified atom stereocenters. The van der Waals surface area contributed by atoms with Gasteiger partial charge >= 0.3 is 5.97 Å². The summed E-state index contributed by atoms with van der Waals surface area (Å²) < 4.78 is 40.6. The highest BCUT2D eigenvalue weighted by molar-refractivity contribution is 7.92. The summed E-state index contributed by atoms with van der Waals surface area (Å²) in [5.74, 6) is -3.52. The van der Waals surface area contributed by atoms with Gasteiger partial charge in [0.05, 0.1) is 16.3 Å². The van der Waals surface area contributed by atoms with E-state index in [1.165, 1.54) is 24.3 Å². The number of hydrogen-bond acceptors (Lipinski definition) is 5. The van der Waals surface area contributed by atoms with E-state index in [1.54, 1.807) is 0 Å². The molecule has 11 heteroatoms. The van der Waals surface area contributed by atoms with Crippen LogP contribution in [0.3, 0.4) is 0 Å². The number of carbonyl (C=O) groups is 2. The standard InChI is InChI=1S/C15H12ClFN2O6S/c16-11-6-12(17)10(15(22)23)5-13(11)26(24,25)19-9-3-1-2-8(4-9)18-14(21)7-20/h1-6,19-20H,7H2,(H,18,21)(H,22,23). The summed E-state index contributed by atoms with van der Waals surface area (Å²) >= 11 is 5.74. The van der Waals surface area contributed by atoms with Gasteiger partial charge in [-0.15, -0.1) is 0 Å². The first-order chi connectivity index (χ1) is 12.1. The Morgan fingerprint density at radius 3 is 2.42 bits per heavy atom. The summed E-state index contributed by atoms with van der Waals surface area (Å²) in [5, 5.41) is 19.5. The number of anilines is 2. The van der Waals surface area contributed by atoms with Crippen LogP contribution in [-0.2, 0) is 14.8 Å². The molecule has 4 N–H and O–H groups in total. The number of benzene rings is 2. The van der Waals surface area contributed by atoms with Crippen LogP contribution in [0.5, 0.6) is 0 Å². The molecular formula is C15H12ClFN2O6S. The van der Waals surface area contributed by atoms with Crippen LogP contribution in [0.2, 0.25) is 5.02 Å². The smallest absolute Gasteiger partial charge is 0.338 e. The average Bonchev–Trinajstić information content (AvgIpc) is 2.53. The molecule has 1 amide bonds. The van der Waals surface area contributed by atoms with E-state index < -0.39 is 49.8 Å². The number of carbonyl (C=O) groups excluding carboxylic acids is 1. The molecule has 0 radical (unpaired) electrons. The Morgan fingerprint density at radius 2 is 1.81 bits per heavy atom. The minimum Gasteiger partial charge on any atom is -0.478 e. The topological polar surface area (TPSA) is 133 Å². The Morgan fingerprint density at radius 1 is 1.15 bits per heavy atom. The molecule has 0 aromatic heterocycles. The third-order valence-electron chi connectivity index (χ3n) is 3.08. The Labute approximate surface area is 152 Å². The molecule has 138 valence electrons. The zero-order valence-electron chi connectivity index (χ0n) is 12.9. The molecule has 0 aliphatic carbocycles. The number of aromatic carboxylic acids is 1. The number of rotatable bonds is 6. The molecule has 2 rings (SSSR count). The van der Waals surface area contributed by atoms with Gasteiger partial charge in [0.2, 0.25) is 5.91 Å². The predicted molar refractivity (Wildman–Crippen MR) is 91.3 cm³/mol. The number of carboxylic acid groups (broad SMARTS) is 1. The van der Waals surface area contributed by atoms with Crippen LogP contribution in [0.25, 0.3) is 0 Å². The van der Waals surface area contributed by atoms with E-state index in [0.717, 1.165) is 0 Å². The third-order valence-corrected chi connectivity index (χ3v) is 4.93. The fourth-order valence-electron chi connectivity index (χ4n) is 1.97. The van der Waals surface area contributed by atoms with E-state index in [1.807, 2.05) is 0 Å². The van der Waals surface area contributed by atoms with Gasteiger partial charge in [-0.1, -0.05) is 17.7 Å². The molecular weight excluding hydrogens is 391 g/mol. The first-order valence-corrected chi connectivity index (χ1v) is 8.76. The van der Waals surface area contributed by atoms with Crippen molar-refractivity contribution in [3.8, 4) is 0 Å². The van der Waals surface area contributed by atoms with Gasteiger partial charge in [-0.3, -0.25) is 9.52 Å². The van der Waals surface area contributed by atoms with Gasteiger partial charge in [0.15, 0.2) is 0 Å². The number of aliphatic hydroxyl groups is 1. The molecule has 0 spiro atoms. The maximum atomic E-state index is 13.6. The van der Waals surface area contributed by atoms with E-state index >= 15 is 0 Å². The number of aliphatic hydroxyl groups excluding tert-OH is 1. The van der Waals surface area contributed by atoms with E-state index in [0.29, 0.717) is 12.1 Å². The SMILES string of the molecule is O=C(CO)Nc1cccc(NS(=O)(=O)c2cc(C(=O)O)c(F)cc2Cl)c1. The predicted octanol–water partition coefficient (Wildman–Crippen LogP) is 1.91. The van der Waals surface area contributed by atoms with Crippen molar-refractivity contribution in [3.05, 3.63) is 52.8 Å². The molecule has 2 aromatic rings. The molecule has 0 aliphatic rings. The van der Waals surface area contributed by atoms with E-state index in [9.17, 15) is 22.4 Å². The van der Waals surface area contributed by atoms with Gasteiger partial charge in [-0.25, -0.2) is 17.6 Å². The lowest BCUT2D eigenvalue weighted by Gasteiger charge is -2.12. The minimum atomic E-state index is -4.34. The molecule has 26 heavy (non-hydrogen) atoms. The van der Waals surface area contributed by atoms with Crippen molar-refractivity contribution in [2.24, 2.45) is 0 Å². The molecule has 0 saturated carbocycles. The summed E-state index contributed by atoms with van der Waals surface area (Å²) in [5.41, 5.74) is -0.614. The highest BCUT2D eigenvalue weighted by Crippen LogP contribution is 2.27. The lowest BCUT2D eigenvalue weighted by molar-refractivity contribution is -0.118. The number of nitrogens with one attached hydrogen (secondary N) is 2. The quantitative estimate of drug-likeness (QED) is 0.583. The number of halogens is 2. The largest absolute Gasteiger partial charge is 0.478 e. The zero-order valence-corrected chi connectivity index (χ0v) is 14.4. The Hall–Kier alpha value is -2.69. The van der Waals surface area contributed by atoms with Gasteiger partial charge in [-0.05, 0) is 30.3 Å². The number of sulfonamides is 1. The maximum absolute atomic E-state index is 13.6. The summed E-state index contributed by atoms with van der Waals surface area (Å²) in [7, 11) is -4.34. The first kappa shape index (κ1) is 19.6. The van der Waals surface area contributed by atoms with Crippen molar-refractivity contribution in [1.29, 1.82) is 0 Å². The van der Waals surface area contributed by atoms with Crippen LogP contribution in [0.4, 0.5) is 15.8 Å². The van der Waals surface area contributed by atoms with Crippen LogP contribution in [-0.4, -0.2) is 37.1 Å². The second-order valence-corrected chi connectivity index (χ2v) is 7.02. The van der Waals surface area contributed by atoms with Crippen LogP contribution >= 0.6 is 11.6 Å². The van der Waals surface area contributed by atoms with Crippen molar-refractivity contribution in [1.82, 2.24) is 0 Å². The van der Waals surface area contributed by atoms with Gasteiger partial charge in [0.25, 0.3) is 10.0 Å². The van der Waals surface area contributed by atoms with Crippen LogP contribution in [0.1, 0.15) is 10.4 Å². The molecule has 0 bridgehead atoms. The monoisotopic (exact) mass is 402 g/mol. The Kier molecular flexibility index (Phi) is 5.80. The summed E-state index contributed by atoms with van der Waals surface area (Å²) in [6, 6.07) is 6.72. The van der Waals surface area contributed by atoms with Gasteiger partial charge < -0.3 is 15.5 Å². The lowest BCUT2D eigenvalue weighted by Crippen LogP contribution is -2.17. The fraction of sp³-hybridized carbons (Fsp3) is 0.0667. The Bertz CT molecular complexity index is 980. The molecule has 0 saturated heterocycles. The zero-order chi connectivity index (χ0) is 19.5. The summed E-state index contributed by atoms with van der Waals surface area (Å²) in [6.45, 7) is -0.751. The van der Waals surface area contributed by atoms with Crippen molar-refractivity contribution in [3.63, 3.8) is 0 Å². The van der Waals surface area contributed by atoms with Crippen molar-refractivity contribution >= 4 is 44.9 Å². The maximum Gasteiger partial charge on any atom is 0.338 e. The molecule has 0 heterocycles.